The number of carbonyl (C=O) groups excluding carboxylic acids is 2. The lowest BCUT2D eigenvalue weighted by molar-refractivity contribution is -0.121. The first-order chi connectivity index (χ1) is 9.10. The van der Waals surface area contributed by atoms with Crippen LogP contribution in [0.25, 0.3) is 0 Å². The summed E-state index contributed by atoms with van der Waals surface area (Å²) in [5.41, 5.74) is 6.14. The van der Waals surface area contributed by atoms with Crippen LogP contribution < -0.4 is 16.4 Å². The standard InChI is InChI=1S/C12H21N5O2/c1-3-4-9(5-13)12(19)16-10-6-15-17(7-10)8-11(18)14-2/h6-7,9H,3-5,8,13H2,1-2H3,(H,14,18)(H,16,19). The molecule has 1 aromatic rings. The fraction of sp³-hybridized carbons (Fsp3) is 0.583. The van der Waals surface area contributed by atoms with Crippen LogP contribution in [0.2, 0.25) is 0 Å². The van der Waals surface area contributed by atoms with Crippen LogP contribution in [0.15, 0.2) is 12.4 Å². The van der Waals surface area contributed by atoms with Gasteiger partial charge in [-0.3, -0.25) is 14.3 Å². The fourth-order valence-electron chi connectivity index (χ4n) is 1.69. The number of aromatic nitrogens is 2. The van der Waals surface area contributed by atoms with Crippen molar-refractivity contribution in [3.05, 3.63) is 12.4 Å². The van der Waals surface area contributed by atoms with E-state index in [0.29, 0.717) is 12.2 Å². The van der Waals surface area contributed by atoms with E-state index in [2.05, 4.69) is 15.7 Å². The second-order valence-electron chi connectivity index (χ2n) is 4.31. The molecule has 0 spiro atoms. The zero-order valence-corrected chi connectivity index (χ0v) is 11.3. The van der Waals surface area contributed by atoms with Crippen molar-refractivity contribution < 1.29 is 9.59 Å². The van der Waals surface area contributed by atoms with Gasteiger partial charge < -0.3 is 16.4 Å². The van der Waals surface area contributed by atoms with Crippen LogP contribution >= 0.6 is 0 Å². The zero-order chi connectivity index (χ0) is 14.3. The van der Waals surface area contributed by atoms with Gasteiger partial charge >= 0.3 is 0 Å². The van der Waals surface area contributed by atoms with Gasteiger partial charge in [-0.15, -0.1) is 0 Å². The van der Waals surface area contributed by atoms with E-state index in [1.165, 1.54) is 10.9 Å². The van der Waals surface area contributed by atoms with E-state index in [9.17, 15) is 9.59 Å². The second kappa shape index (κ2) is 7.52. The maximum absolute atomic E-state index is 11.9. The highest BCUT2D eigenvalue weighted by molar-refractivity contribution is 5.92. The van der Waals surface area contributed by atoms with Gasteiger partial charge in [0.25, 0.3) is 0 Å². The van der Waals surface area contributed by atoms with Gasteiger partial charge in [-0.2, -0.15) is 5.10 Å². The summed E-state index contributed by atoms with van der Waals surface area (Å²) in [4.78, 5) is 23.1. The average molecular weight is 267 g/mol. The Balaban J connectivity index is 2.57. The Hall–Kier alpha value is -1.89. The highest BCUT2D eigenvalue weighted by Gasteiger charge is 2.16. The smallest absolute Gasteiger partial charge is 0.241 e. The zero-order valence-electron chi connectivity index (χ0n) is 11.3. The molecule has 2 amide bonds. The second-order valence-corrected chi connectivity index (χ2v) is 4.31. The van der Waals surface area contributed by atoms with E-state index >= 15 is 0 Å². The van der Waals surface area contributed by atoms with Gasteiger partial charge in [0, 0.05) is 19.8 Å². The molecule has 106 valence electrons. The largest absolute Gasteiger partial charge is 0.358 e. The number of anilines is 1. The first-order valence-corrected chi connectivity index (χ1v) is 6.34. The maximum atomic E-state index is 11.9. The SMILES string of the molecule is CCCC(CN)C(=O)Nc1cnn(CC(=O)NC)c1. The molecule has 0 aliphatic carbocycles. The molecular formula is C12H21N5O2. The van der Waals surface area contributed by atoms with E-state index < -0.39 is 0 Å². The number of nitrogens with zero attached hydrogens (tertiary/aromatic N) is 2. The molecule has 19 heavy (non-hydrogen) atoms. The average Bonchev–Trinajstić information content (AvgIpc) is 2.82. The van der Waals surface area contributed by atoms with Gasteiger partial charge in [-0.25, -0.2) is 0 Å². The molecule has 0 aromatic carbocycles. The number of nitrogens with two attached hydrogens (primary N) is 1. The van der Waals surface area contributed by atoms with Crippen LogP contribution in [-0.2, 0) is 16.1 Å². The number of likely N-dealkylation sites (N-methyl/N-ethyl adjacent to an activating group) is 1. The summed E-state index contributed by atoms with van der Waals surface area (Å²) < 4.78 is 1.46. The van der Waals surface area contributed by atoms with Gasteiger partial charge in [-0.05, 0) is 6.42 Å². The molecule has 1 aromatic heterocycles. The summed E-state index contributed by atoms with van der Waals surface area (Å²) in [7, 11) is 1.56. The van der Waals surface area contributed by atoms with Crippen LogP contribution in [-0.4, -0.2) is 35.2 Å². The van der Waals surface area contributed by atoms with Crippen LogP contribution in [0.5, 0.6) is 0 Å². The van der Waals surface area contributed by atoms with E-state index in [4.69, 9.17) is 5.73 Å². The van der Waals surface area contributed by atoms with Gasteiger partial charge in [0.1, 0.15) is 6.54 Å². The molecule has 0 fully saturated rings. The van der Waals surface area contributed by atoms with E-state index in [1.54, 1.807) is 13.2 Å². The van der Waals surface area contributed by atoms with Crippen molar-refractivity contribution in [2.75, 3.05) is 18.9 Å². The minimum absolute atomic E-state index is 0.108. The molecule has 7 nitrogen and oxygen atoms in total. The molecule has 1 atom stereocenters. The van der Waals surface area contributed by atoms with Crippen molar-refractivity contribution in [2.24, 2.45) is 11.7 Å². The summed E-state index contributed by atoms with van der Waals surface area (Å²) in [6, 6.07) is 0. The van der Waals surface area contributed by atoms with E-state index in [-0.39, 0.29) is 24.3 Å². The number of hydrogen-bond donors (Lipinski definition) is 3. The normalized spacial score (nSPS) is 11.9. The number of carbonyl (C=O) groups is 2. The monoisotopic (exact) mass is 267 g/mol. The Morgan fingerprint density at radius 3 is 2.84 bits per heavy atom. The Morgan fingerprint density at radius 2 is 2.26 bits per heavy atom. The Labute approximate surface area is 112 Å². The highest BCUT2D eigenvalue weighted by Crippen LogP contribution is 2.10. The molecule has 1 unspecified atom stereocenters. The van der Waals surface area contributed by atoms with Crippen molar-refractivity contribution in [3.8, 4) is 0 Å². The topological polar surface area (TPSA) is 102 Å². The summed E-state index contributed by atoms with van der Waals surface area (Å²) >= 11 is 0. The fourth-order valence-corrected chi connectivity index (χ4v) is 1.69. The van der Waals surface area contributed by atoms with Crippen molar-refractivity contribution in [1.29, 1.82) is 0 Å². The number of hydrogen-bond acceptors (Lipinski definition) is 4. The molecule has 1 heterocycles. The Morgan fingerprint density at radius 1 is 1.53 bits per heavy atom. The first kappa shape index (κ1) is 15.2. The number of nitrogens with one attached hydrogen (secondary N) is 2. The predicted octanol–water partition coefficient (Wildman–Crippen LogP) is -0.0574. The molecule has 0 saturated heterocycles. The summed E-state index contributed by atoms with van der Waals surface area (Å²) in [5.74, 6) is -0.442. The lowest BCUT2D eigenvalue weighted by Gasteiger charge is -2.12. The molecule has 0 aliphatic heterocycles. The van der Waals surface area contributed by atoms with Crippen LogP contribution in [0, 0.1) is 5.92 Å². The molecule has 4 N–H and O–H groups in total. The van der Waals surface area contributed by atoms with Crippen molar-refractivity contribution in [3.63, 3.8) is 0 Å². The lowest BCUT2D eigenvalue weighted by atomic mass is 10.0. The third-order valence-corrected chi connectivity index (χ3v) is 2.78. The summed E-state index contributed by atoms with van der Waals surface area (Å²) in [5, 5.41) is 9.26. The predicted molar refractivity (Wildman–Crippen MR) is 72.4 cm³/mol. The molecule has 0 aliphatic rings. The Kier molecular flexibility index (Phi) is 6.01. The van der Waals surface area contributed by atoms with E-state index in [1.807, 2.05) is 6.92 Å². The molecular weight excluding hydrogens is 246 g/mol. The molecule has 0 radical (unpaired) electrons. The molecule has 0 bridgehead atoms. The van der Waals surface area contributed by atoms with Crippen LogP contribution in [0.3, 0.4) is 0 Å². The first-order valence-electron chi connectivity index (χ1n) is 6.34. The van der Waals surface area contributed by atoms with Gasteiger partial charge in [0.05, 0.1) is 17.8 Å². The summed E-state index contributed by atoms with van der Waals surface area (Å²) in [6.45, 7) is 2.46. The van der Waals surface area contributed by atoms with Gasteiger partial charge in [0.15, 0.2) is 0 Å². The van der Waals surface area contributed by atoms with Crippen LogP contribution in [0.4, 0.5) is 5.69 Å². The van der Waals surface area contributed by atoms with Gasteiger partial charge in [0.2, 0.25) is 11.8 Å². The van der Waals surface area contributed by atoms with Crippen molar-refractivity contribution in [1.82, 2.24) is 15.1 Å². The molecule has 0 saturated carbocycles. The Bertz CT molecular complexity index is 430. The van der Waals surface area contributed by atoms with Crippen molar-refractivity contribution in [2.45, 2.75) is 26.3 Å². The lowest BCUT2D eigenvalue weighted by Crippen LogP contribution is -2.29. The van der Waals surface area contributed by atoms with Gasteiger partial charge in [-0.1, -0.05) is 13.3 Å². The number of rotatable bonds is 7. The van der Waals surface area contributed by atoms with Crippen LogP contribution in [0.1, 0.15) is 19.8 Å². The summed E-state index contributed by atoms with van der Waals surface area (Å²) in [6.07, 6.45) is 4.80. The minimum atomic E-state index is -0.188. The third kappa shape index (κ3) is 4.70. The molecule has 1 rings (SSSR count). The third-order valence-electron chi connectivity index (χ3n) is 2.78. The number of amides is 2. The van der Waals surface area contributed by atoms with Crippen molar-refractivity contribution >= 4 is 17.5 Å². The van der Waals surface area contributed by atoms with E-state index in [0.717, 1.165) is 12.8 Å². The highest BCUT2D eigenvalue weighted by atomic mass is 16.2. The maximum Gasteiger partial charge on any atom is 0.241 e. The minimum Gasteiger partial charge on any atom is -0.358 e. The quantitative estimate of drug-likeness (QED) is 0.644. The molecule has 7 heteroatoms.